The quantitative estimate of drug-likeness (QED) is 0.0310. The van der Waals surface area contributed by atoms with Crippen LogP contribution in [0.15, 0.2) is 0 Å². The summed E-state index contributed by atoms with van der Waals surface area (Å²) in [6.45, 7) is 12.1. The predicted molar refractivity (Wildman–Crippen MR) is 398 cm³/mol. The first-order valence-electron chi connectivity index (χ1n) is 37.7. The Hall–Kier alpha value is -6.90. The lowest BCUT2D eigenvalue weighted by atomic mass is 9.88. The van der Waals surface area contributed by atoms with Crippen molar-refractivity contribution in [3.8, 4) is 0 Å². The van der Waals surface area contributed by atoms with Crippen LogP contribution in [-0.4, -0.2) is 223 Å². The summed E-state index contributed by atoms with van der Waals surface area (Å²) in [4.78, 5) is 192. The highest BCUT2D eigenvalue weighted by Gasteiger charge is 2.41. The SMILES string of the molecule is CCCC(=O)OCC(COC(=O)CCC)(COC(=O)CCC)COC(=O)CCSCCC(=O)OCC(CC)(COC(=O)CCSCCC(=O)OCC(COC(=O)CCC)(COC(=O)CCC)COC(=O)CCC)COC(=O)CCSCCC(=O)OCC(COC(=O)CCC)(COC(=O)CCC)COC(=O)CCC. The lowest BCUT2D eigenvalue weighted by Crippen LogP contribution is -2.44. The van der Waals surface area contributed by atoms with Crippen LogP contribution in [0.4, 0.5) is 0 Å². The van der Waals surface area contributed by atoms with E-state index in [9.17, 15) is 71.9 Å². The normalized spacial score (nSPS) is 11.4. The van der Waals surface area contributed by atoms with Gasteiger partial charge in [0.25, 0.3) is 0 Å². The lowest BCUT2D eigenvalue weighted by molar-refractivity contribution is -0.173. The second-order valence-corrected chi connectivity index (χ2v) is 30.0. The molecule has 0 aliphatic rings. The van der Waals surface area contributed by atoms with Gasteiger partial charge in [-0.2, -0.15) is 35.3 Å². The average Bonchev–Trinajstić information content (AvgIpc) is 0.913. The number of ether oxygens (including phenoxy) is 15. The topological polar surface area (TPSA) is 394 Å². The van der Waals surface area contributed by atoms with Crippen LogP contribution in [0.3, 0.4) is 0 Å². The Morgan fingerprint density at radius 3 is 0.370 bits per heavy atom. The molecule has 620 valence electrons. The first-order chi connectivity index (χ1) is 51.6. The van der Waals surface area contributed by atoms with E-state index in [0.717, 1.165) is 0 Å². The second-order valence-electron chi connectivity index (χ2n) is 26.4. The molecule has 0 spiro atoms. The van der Waals surface area contributed by atoms with Crippen molar-refractivity contribution in [1.82, 2.24) is 0 Å². The summed E-state index contributed by atoms with van der Waals surface area (Å²) >= 11 is 3.69. The third-order valence-corrected chi connectivity index (χ3v) is 18.6. The molecule has 30 nitrogen and oxygen atoms in total. The van der Waals surface area contributed by atoms with Crippen molar-refractivity contribution in [1.29, 1.82) is 0 Å². The zero-order valence-electron chi connectivity index (χ0n) is 65.5. The molecule has 0 N–H and O–H groups in total. The van der Waals surface area contributed by atoms with E-state index < -0.39 is 131 Å². The molecule has 0 aliphatic heterocycles. The standard InChI is InChI=1S/C75H122O30S3/c1-11-21-57(76)94-45-73(46-95-58(77)22-12-2,47-96-59(78)23-13-3)54-103-69(88)33-39-106-36-30-66(85)91-42-72(20-10,43-92-67(86)31-37-107-40-34-70(89)104-55-74(48-97-60(79)24-14-4,49-98-61(80)25-15-5)50-99-62(81)26-16-6)44-93-68(87)32-38-108-41-35-71(90)105-56-75(51-100-63(82)27-17-7,52-101-64(83)28-18-8)53-102-65(84)29-19-9/h11-56H2,1-10H3. The van der Waals surface area contributed by atoms with Gasteiger partial charge in [-0.1, -0.05) is 69.2 Å². The molecule has 0 heterocycles. The summed E-state index contributed by atoms with van der Waals surface area (Å²) in [5.41, 5.74) is -5.50. The summed E-state index contributed by atoms with van der Waals surface area (Å²) in [6, 6.07) is 0. The minimum absolute atomic E-state index is 0.0949. The van der Waals surface area contributed by atoms with Crippen molar-refractivity contribution < 1.29 is 143 Å². The van der Waals surface area contributed by atoms with Crippen LogP contribution >= 0.6 is 35.3 Å². The van der Waals surface area contributed by atoms with Crippen molar-refractivity contribution in [2.75, 3.05) is 134 Å². The third kappa shape index (κ3) is 50.7. The smallest absolute Gasteiger partial charge is 0.306 e. The summed E-state index contributed by atoms with van der Waals surface area (Å²) < 4.78 is 83.3. The van der Waals surface area contributed by atoms with Gasteiger partial charge in [-0.25, -0.2) is 0 Å². The maximum atomic E-state index is 13.4. The Balaban J connectivity index is 6.27. The van der Waals surface area contributed by atoms with Gasteiger partial charge in [0, 0.05) is 92.3 Å². The first kappa shape index (κ1) is 101. The molecule has 0 radical (unpaired) electrons. The molecule has 0 rings (SSSR count). The fourth-order valence-electron chi connectivity index (χ4n) is 8.84. The van der Waals surface area contributed by atoms with Gasteiger partial charge in [0.1, 0.15) is 115 Å². The lowest BCUT2D eigenvalue weighted by Gasteiger charge is -2.31. The van der Waals surface area contributed by atoms with Gasteiger partial charge in [-0.3, -0.25) is 71.9 Å². The number of carbonyl (C=O) groups is 15. The summed E-state index contributed by atoms with van der Waals surface area (Å²) in [6.07, 6.45) is 4.66. The maximum absolute atomic E-state index is 13.4. The van der Waals surface area contributed by atoms with Gasteiger partial charge in [0.15, 0.2) is 0 Å². The van der Waals surface area contributed by atoms with E-state index in [1.165, 1.54) is 35.3 Å². The van der Waals surface area contributed by atoms with Crippen LogP contribution < -0.4 is 0 Å². The van der Waals surface area contributed by atoms with E-state index in [-0.39, 0.29) is 217 Å². The minimum atomic E-state index is -1.41. The van der Waals surface area contributed by atoms with Crippen molar-refractivity contribution >= 4 is 125 Å². The van der Waals surface area contributed by atoms with Crippen molar-refractivity contribution in [2.45, 2.75) is 230 Å². The predicted octanol–water partition coefficient (Wildman–Crippen LogP) is 10.2. The fourth-order valence-corrected chi connectivity index (χ4v) is 11.3. The molecule has 108 heavy (non-hydrogen) atoms. The van der Waals surface area contributed by atoms with Gasteiger partial charge < -0.3 is 71.1 Å². The van der Waals surface area contributed by atoms with Crippen LogP contribution in [-0.2, 0) is 143 Å². The molecule has 0 aromatic carbocycles. The van der Waals surface area contributed by atoms with Crippen molar-refractivity contribution in [3.63, 3.8) is 0 Å². The molecular formula is C75H122O30S3. The highest BCUT2D eigenvalue weighted by Crippen LogP contribution is 2.29. The van der Waals surface area contributed by atoms with E-state index in [1.807, 2.05) is 0 Å². The van der Waals surface area contributed by atoms with Gasteiger partial charge in [0.05, 0.1) is 43.9 Å². The molecule has 0 atom stereocenters. The molecule has 0 aromatic rings. The zero-order valence-corrected chi connectivity index (χ0v) is 67.9. The molecule has 0 fully saturated rings. The van der Waals surface area contributed by atoms with Crippen molar-refractivity contribution in [3.05, 3.63) is 0 Å². The van der Waals surface area contributed by atoms with Crippen LogP contribution in [0.5, 0.6) is 0 Å². The summed E-state index contributed by atoms with van der Waals surface area (Å²) in [5.74, 6) is -7.82. The number of rotatable bonds is 67. The Morgan fingerprint density at radius 1 is 0.167 bits per heavy atom. The first-order valence-corrected chi connectivity index (χ1v) is 41.2. The largest absolute Gasteiger partial charge is 0.465 e. The molecule has 0 aliphatic carbocycles. The Labute approximate surface area is 649 Å². The van der Waals surface area contributed by atoms with Crippen LogP contribution in [0.1, 0.15) is 230 Å². The number of hydrogen-bond donors (Lipinski definition) is 0. The van der Waals surface area contributed by atoms with E-state index in [0.29, 0.717) is 57.8 Å². The van der Waals surface area contributed by atoms with Gasteiger partial charge in [0.2, 0.25) is 0 Å². The van der Waals surface area contributed by atoms with Gasteiger partial charge in [-0.15, -0.1) is 0 Å². The highest BCUT2D eigenvalue weighted by molar-refractivity contribution is 7.99. The number of thioether (sulfide) groups is 3. The molecule has 0 aromatic heterocycles. The Kier molecular flexibility index (Phi) is 57.9. The summed E-state index contributed by atoms with van der Waals surface area (Å²) in [5, 5.41) is 0. The van der Waals surface area contributed by atoms with E-state index >= 15 is 0 Å². The van der Waals surface area contributed by atoms with Crippen LogP contribution in [0.25, 0.3) is 0 Å². The molecular weight excluding hydrogens is 1480 g/mol. The molecule has 0 amide bonds. The monoisotopic (exact) mass is 1600 g/mol. The maximum Gasteiger partial charge on any atom is 0.306 e. The average molecular weight is 1600 g/mol. The zero-order chi connectivity index (χ0) is 80.9. The van der Waals surface area contributed by atoms with E-state index in [1.54, 1.807) is 69.2 Å². The van der Waals surface area contributed by atoms with E-state index in [2.05, 4.69) is 0 Å². The molecule has 0 saturated heterocycles. The Bertz CT molecular complexity index is 2260. The second kappa shape index (κ2) is 61.8. The third-order valence-electron chi connectivity index (χ3n) is 15.6. The number of carbonyl (C=O) groups excluding carboxylic acids is 15. The number of esters is 15. The number of hydrogen-bond acceptors (Lipinski definition) is 33. The molecule has 0 bridgehead atoms. The molecule has 0 saturated carbocycles. The van der Waals surface area contributed by atoms with E-state index in [4.69, 9.17) is 71.1 Å². The van der Waals surface area contributed by atoms with Crippen LogP contribution in [0.2, 0.25) is 0 Å². The van der Waals surface area contributed by atoms with Gasteiger partial charge in [-0.05, 0) is 64.2 Å². The highest BCUT2D eigenvalue weighted by atomic mass is 32.2. The summed E-state index contributed by atoms with van der Waals surface area (Å²) in [7, 11) is 0. The Morgan fingerprint density at radius 2 is 0.269 bits per heavy atom. The van der Waals surface area contributed by atoms with Crippen LogP contribution in [0, 0.1) is 21.7 Å². The minimum Gasteiger partial charge on any atom is -0.465 e. The molecule has 33 heteroatoms. The molecule has 0 unspecified atom stereocenters. The fraction of sp³-hybridized carbons (Fsp3) is 0.800. The van der Waals surface area contributed by atoms with Crippen molar-refractivity contribution in [2.24, 2.45) is 21.7 Å². The van der Waals surface area contributed by atoms with Gasteiger partial charge >= 0.3 is 89.5 Å².